The standard InChI is InChI=1S/C14H16N2O3/c1-7-3-11(17)13(5-9(7)15)19-14-6-10(16)8(2)4-12(14)18/h3-6,17-18H,15-16H2,1-2H3. The molecule has 0 radical (unpaired) electrons. The van der Waals surface area contributed by atoms with Crippen molar-refractivity contribution in [2.45, 2.75) is 13.8 Å². The number of hydrogen-bond acceptors (Lipinski definition) is 5. The highest BCUT2D eigenvalue weighted by molar-refractivity contribution is 5.61. The number of hydrogen-bond donors (Lipinski definition) is 4. The summed E-state index contributed by atoms with van der Waals surface area (Å²) in [6, 6.07) is 6.00. The van der Waals surface area contributed by atoms with Gasteiger partial charge in [0.05, 0.1) is 0 Å². The number of ether oxygens (including phenoxy) is 1. The molecule has 0 aliphatic rings. The smallest absolute Gasteiger partial charge is 0.171 e. The molecule has 0 saturated carbocycles. The fourth-order valence-corrected chi connectivity index (χ4v) is 1.66. The number of benzene rings is 2. The maximum absolute atomic E-state index is 9.80. The Bertz CT molecular complexity index is 584. The van der Waals surface area contributed by atoms with Gasteiger partial charge in [-0.1, -0.05) is 0 Å². The van der Waals surface area contributed by atoms with Crippen LogP contribution in [0.4, 0.5) is 11.4 Å². The molecule has 2 rings (SSSR count). The third-order valence-corrected chi connectivity index (χ3v) is 2.92. The highest BCUT2D eigenvalue weighted by atomic mass is 16.5. The van der Waals surface area contributed by atoms with E-state index in [9.17, 15) is 10.2 Å². The van der Waals surface area contributed by atoms with Crippen molar-refractivity contribution in [1.82, 2.24) is 0 Å². The molecule has 0 aliphatic carbocycles. The second-order valence-corrected chi connectivity index (χ2v) is 4.46. The van der Waals surface area contributed by atoms with Crippen LogP contribution in [0.3, 0.4) is 0 Å². The van der Waals surface area contributed by atoms with Crippen molar-refractivity contribution in [1.29, 1.82) is 0 Å². The van der Waals surface area contributed by atoms with Crippen molar-refractivity contribution in [3.8, 4) is 23.0 Å². The Kier molecular flexibility index (Phi) is 3.12. The molecule has 0 saturated heterocycles. The van der Waals surface area contributed by atoms with Gasteiger partial charge in [0.1, 0.15) is 0 Å². The van der Waals surface area contributed by atoms with Crippen LogP contribution < -0.4 is 16.2 Å². The summed E-state index contributed by atoms with van der Waals surface area (Å²) in [5.41, 5.74) is 14.0. The zero-order valence-corrected chi connectivity index (χ0v) is 10.8. The summed E-state index contributed by atoms with van der Waals surface area (Å²) in [4.78, 5) is 0. The molecular formula is C14H16N2O3. The van der Waals surface area contributed by atoms with Crippen LogP contribution in [0.15, 0.2) is 24.3 Å². The zero-order valence-electron chi connectivity index (χ0n) is 10.8. The van der Waals surface area contributed by atoms with Crippen LogP contribution in [0.5, 0.6) is 23.0 Å². The molecule has 0 atom stereocenters. The van der Waals surface area contributed by atoms with E-state index in [4.69, 9.17) is 16.2 Å². The number of phenols is 2. The molecule has 0 fully saturated rings. The molecule has 0 heterocycles. The number of nitrogen functional groups attached to an aromatic ring is 2. The lowest BCUT2D eigenvalue weighted by molar-refractivity contribution is 0.385. The van der Waals surface area contributed by atoms with Gasteiger partial charge in [-0.3, -0.25) is 0 Å². The number of aromatic hydroxyl groups is 2. The molecule has 0 unspecified atom stereocenters. The molecule has 0 aliphatic heterocycles. The Hall–Kier alpha value is -2.56. The quantitative estimate of drug-likeness (QED) is 0.491. The predicted octanol–water partition coefficient (Wildman–Crippen LogP) is 2.67. The van der Waals surface area contributed by atoms with Crippen molar-refractivity contribution in [2.75, 3.05) is 11.5 Å². The summed E-state index contributed by atoms with van der Waals surface area (Å²) in [5.74, 6) is 0.235. The number of rotatable bonds is 2. The minimum Gasteiger partial charge on any atom is -0.504 e. The van der Waals surface area contributed by atoms with E-state index in [1.54, 1.807) is 13.8 Å². The molecule has 2 aromatic rings. The number of anilines is 2. The molecule has 6 N–H and O–H groups in total. The van der Waals surface area contributed by atoms with Gasteiger partial charge in [-0.25, -0.2) is 0 Å². The summed E-state index contributed by atoms with van der Waals surface area (Å²) in [7, 11) is 0. The summed E-state index contributed by atoms with van der Waals surface area (Å²) < 4.78 is 5.45. The Morgan fingerprint density at radius 3 is 1.53 bits per heavy atom. The Morgan fingerprint density at radius 1 is 0.789 bits per heavy atom. The Morgan fingerprint density at radius 2 is 1.16 bits per heavy atom. The van der Waals surface area contributed by atoms with Crippen LogP contribution in [-0.2, 0) is 0 Å². The molecule has 19 heavy (non-hydrogen) atoms. The fraction of sp³-hybridized carbons (Fsp3) is 0.143. The largest absolute Gasteiger partial charge is 0.504 e. The predicted molar refractivity (Wildman–Crippen MR) is 74.6 cm³/mol. The zero-order chi connectivity index (χ0) is 14.2. The summed E-state index contributed by atoms with van der Waals surface area (Å²) in [6.45, 7) is 3.56. The monoisotopic (exact) mass is 260 g/mol. The van der Waals surface area contributed by atoms with E-state index >= 15 is 0 Å². The summed E-state index contributed by atoms with van der Waals surface area (Å²) >= 11 is 0. The van der Waals surface area contributed by atoms with Crippen molar-refractivity contribution in [2.24, 2.45) is 0 Å². The third kappa shape index (κ3) is 2.49. The average molecular weight is 260 g/mol. The van der Waals surface area contributed by atoms with Gasteiger partial charge in [-0.05, 0) is 37.1 Å². The molecule has 5 nitrogen and oxygen atoms in total. The molecule has 0 spiro atoms. The lowest BCUT2D eigenvalue weighted by atomic mass is 10.1. The SMILES string of the molecule is Cc1cc(O)c(Oc2cc(N)c(C)cc2O)cc1N. The van der Waals surface area contributed by atoms with Crippen LogP contribution >= 0.6 is 0 Å². The van der Waals surface area contributed by atoms with Crippen LogP contribution in [0, 0.1) is 13.8 Å². The van der Waals surface area contributed by atoms with E-state index in [-0.39, 0.29) is 23.0 Å². The molecule has 0 aromatic heterocycles. The van der Waals surface area contributed by atoms with Gasteiger partial charge in [0.25, 0.3) is 0 Å². The van der Waals surface area contributed by atoms with E-state index in [2.05, 4.69) is 0 Å². The minimum absolute atomic E-state index is 0.0507. The first kappa shape index (κ1) is 12.9. The van der Waals surface area contributed by atoms with E-state index in [0.29, 0.717) is 11.4 Å². The van der Waals surface area contributed by atoms with Crippen LogP contribution in [0.2, 0.25) is 0 Å². The third-order valence-electron chi connectivity index (χ3n) is 2.92. The van der Waals surface area contributed by atoms with Crippen molar-refractivity contribution in [3.63, 3.8) is 0 Å². The molecule has 5 heteroatoms. The van der Waals surface area contributed by atoms with Gasteiger partial charge < -0.3 is 26.4 Å². The minimum atomic E-state index is -0.0507. The number of aryl methyl sites for hydroxylation is 2. The molecule has 100 valence electrons. The lowest BCUT2D eigenvalue weighted by Gasteiger charge is -2.12. The topological polar surface area (TPSA) is 102 Å². The van der Waals surface area contributed by atoms with E-state index < -0.39 is 0 Å². The second kappa shape index (κ2) is 4.61. The molecule has 0 bridgehead atoms. The first-order valence-electron chi connectivity index (χ1n) is 5.74. The normalized spacial score (nSPS) is 10.4. The number of nitrogens with two attached hydrogens (primary N) is 2. The first-order chi connectivity index (χ1) is 8.88. The van der Waals surface area contributed by atoms with Gasteiger partial charge in [0, 0.05) is 23.5 Å². The van der Waals surface area contributed by atoms with Gasteiger partial charge in [-0.2, -0.15) is 0 Å². The van der Waals surface area contributed by atoms with Gasteiger partial charge in [-0.15, -0.1) is 0 Å². The molecule has 2 aromatic carbocycles. The highest BCUT2D eigenvalue weighted by Gasteiger charge is 2.11. The summed E-state index contributed by atoms with van der Waals surface area (Å²) in [5, 5.41) is 19.6. The fourth-order valence-electron chi connectivity index (χ4n) is 1.66. The maximum atomic E-state index is 9.80. The van der Waals surface area contributed by atoms with Gasteiger partial charge in [0.2, 0.25) is 0 Å². The number of phenolic OH excluding ortho intramolecular Hbond substituents is 2. The first-order valence-corrected chi connectivity index (χ1v) is 5.74. The highest BCUT2D eigenvalue weighted by Crippen LogP contribution is 2.39. The van der Waals surface area contributed by atoms with Gasteiger partial charge in [0.15, 0.2) is 23.0 Å². The summed E-state index contributed by atoms with van der Waals surface area (Å²) in [6.07, 6.45) is 0. The van der Waals surface area contributed by atoms with Crippen LogP contribution in [0.25, 0.3) is 0 Å². The molecule has 0 amide bonds. The maximum Gasteiger partial charge on any atom is 0.171 e. The second-order valence-electron chi connectivity index (χ2n) is 4.46. The van der Waals surface area contributed by atoms with E-state index in [1.165, 1.54) is 24.3 Å². The van der Waals surface area contributed by atoms with Crippen LogP contribution in [0.1, 0.15) is 11.1 Å². The van der Waals surface area contributed by atoms with Crippen molar-refractivity contribution >= 4 is 11.4 Å². The van der Waals surface area contributed by atoms with Gasteiger partial charge >= 0.3 is 0 Å². The lowest BCUT2D eigenvalue weighted by Crippen LogP contribution is -1.94. The van der Waals surface area contributed by atoms with Crippen molar-refractivity contribution < 1.29 is 14.9 Å². The van der Waals surface area contributed by atoms with Crippen LogP contribution in [-0.4, -0.2) is 10.2 Å². The Labute approximate surface area is 111 Å². The van der Waals surface area contributed by atoms with Crippen molar-refractivity contribution in [3.05, 3.63) is 35.4 Å². The van der Waals surface area contributed by atoms with E-state index in [0.717, 1.165) is 11.1 Å². The average Bonchev–Trinajstić information content (AvgIpc) is 2.32. The Balaban J connectivity index is 2.42. The molecular weight excluding hydrogens is 244 g/mol. The van der Waals surface area contributed by atoms with E-state index in [1.807, 2.05) is 0 Å².